The summed E-state index contributed by atoms with van der Waals surface area (Å²) >= 11 is 3.39. The lowest BCUT2D eigenvalue weighted by atomic mass is 9.94. The molecule has 0 radical (unpaired) electrons. The van der Waals surface area contributed by atoms with Crippen LogP contribution >= 0.6 is 15.9 Å². The molecule has 34 heavy (non-hydrogen) atoms. The first-order valence-corrected chi connectivity index (χ1v) is 11.1. The Balaban J connectivity index is 1.65. The van der Waals surface area contributed by atoms with Gasteiger partial charge in [0.2, 0.25) is 5.78 Å². The molecule has 0 spiro atoms. The van der Waals surface area contributed by atoms with E-state index in [1.165, 1.54) is 36.3 Å². The molecular formula is C26H17BrFNO5. The molecule has 4 aromatic rings. The number of amides is 1. The molecule has 0 aliphatic carbocycles. The third-order valence-electron chi connectivity index (χ3n) is 5.67. The summed E-state index contributed by atoms with van der Waals surface area (Å²) in [5.74, 6) is -2.17. The number of aliphatic hydroxyl groups excluding tert-OH is 1. The molecule has 6 nitrogen and oxygen atoms in total. The van der Waals surface area contributed by atoms with E-state index in [0.29, 0.717) is 22.3 Å². The lowest BCUT2D eigenvalue weighted by molar-refractivity contribution is -0.117. The minimum Gasteiger partial charge on any atom is -0.503 e. The number of carbonyl (C=O) groups excluding carboxylic acids is 2. The van der Waals surface area contributed by atoms with Gasteiger partial charge >= 0.3 is 0 Å². The van der Waals surface area contributed by atoms with Crippen LogP contribution in [-0.4, -0.2) is 23.9 Å². The van der Waals surface area contributed by atoms with Crippen molar-refractivity contribution in [1.82, 2.24) is 0 Å². The zero-order valence-electron chi connectivity index (χ0n) is 17.8. The van der Waals surface area contributed by atoms with Gasteiger partial charge in [0.15, 0.2) is 11.5 Å². The number of ketones is 1. The van der Waals surface area contributed by atoms with Crippen LogP contribution in [0.5, 0.6) is 5.75 Å². The molecule has 1 aromatic heterocycles. The Morgan fingerprint density at radius 2 is 1.85 bits per heavy atom. The number of methoxy groups -OCH3 is 1. The Morgan fingerprint density at radius 3 is 2.56 bits per heavy atom. The van der Waals surface area contributed by atoms with Gasteiger partial charge in [0.1, 0.15) is 17.1 Å². The van der Waals surface area contributed by atoms with Crippen LogP contribution in [0.25, 0.3) is 11.0 Å². The van der Waals surface area contributed by atoms with E-state index in [1.54, 1.807) is 48.5 Å². The quantitative estimate of drug-likeness (QED) is 0.319. The van der Waals surface area contributed by atoms with Crippen LogP contribution in [0.2, 0.25) is 0 Å². The third-order valence-corrected chi connectivity index (χ3v) is 6.17. The fourth-order valence-electron chi connectivity index (χ4n) is 4.09. The van der Waals surface area contributed by atoms with Crippen LogP contribution in [0.3, 0.4) is 0 Å². The number of rotatable bonds is 5. The predicted molar refractivity (Wildman–Crippen MR) is 128 cm³/mol. The van der Waals surface area contributed by atoms with Crippen LogP contribution in [0.15, 0.2) is 93.0 Å². The van der Waals surface area contributed by atoms with E-state index in [1.807, 2.05) is 0 Å². The predicted octanol–water partition coefficient (Wildman–Crippen LogP) is 6.13. The third kappa shape index (κ3) is 3.66. The first-order chi connectivity index (χ1) is 16.4. The fourth-order valence-corrected chi connectivity index (χ4v) is 4.47. The number of ether oxygens (including phenoxy) is 1. The van der Waals surface area contributed by atoms with E-state index in [2.05, 4.69) is 15.9 Å². The number of aliphatic hydroxyl groups is 1. The van der Waals surface area contributed by atoms with Gasteiger partial charge < -0.3 is 14.3 Å². The van der Waals surface area contributed by atoms with Gasteiger partial charge in [-0.25, -0.2) is 4.39 Å². The van der Waals surface area contributed by atoms with Crippen molar-refractivity contribution in [2.45, 2.75) is 6.04 Å². The topological polar surface area (TPSA) is 80.0 Å². The molecule has 1 unspecified atom stereocenters. The molecule has 1 aliphatic heterocycles. The molecule has 1 aliphatic rings. The molecule has 5 rings (SSSR count). The number of carbonyl (C=O) groups is 2. The number of benzene rings is 3. The summed E-state index contributed by atoms with van der Waals surface area (Å²) in [5, 5.41) is 11.5. The zero-order valence-corrected chi connectivity index (χ0v) is 19.4. The SMILES string of the molecule is COc1ccc(C2C(C(=O)c3cc4cc(Br)ccc4o3)=C(O)C(=O)N2c2cccc(F)c2)cc1. The van der Waals surface area contributed by atoms with Crippen molar-refractivity contribution in [3.8, 4) is 5.75 Å². The average Bonchev–Trinajstić information content (AvgIpc) is 3.37. The van der Waals surface area contributed by atoms with Gasteiger partial charge in [-0.3, -0.25) is 14.5 Å². The summed E-state index contributed by atoms with van der Waals surface area (Å²) in [5.41, 5.74) is 1.06. The number of anilines is 1. The zero-order chi connectivity index (χ0) is 24.0. The van der Waals surface area contributed by atoms with E-state index in [0.717, 1.165) is 4.47 Å². The van der Waals surface area contributed by atoms with Crippen molar-refractivity contribution in [1.29, 1.82) is 0 Å². The summed E-state index contributed by atoms with van der Waals surface area (Å²) in [7, 11) is 1.52. The van der Waals surface area contributed by atoms with Gasteiger partial charge in [0.25, 0.3) is 5.91 Å². The van der Waals surface area contributed by atoms with Crippen molar-refractivity contribution >= 4 is 44.3 Å². The molecule has 8 heteroatoms. The van der Waals surface area contributed by atoms with Crippen molar-refractivity contribution in [2.24, 2.45) is 0 Å². The molecular weight excluding hydrogens is 505 g/mol. The maximum Gasteiger partial charge on any atom is 0.294 e. The second-order valence-corrected chi connectivity index (χ2v) is 8.63. The number of nitrogens with zero attached hydrogens (tertiary/aromatic N) is 1. The standard InChI is InChI=1S/C26H17BrFNO5/c1-33-19-8-5-14(6-9-19)23-22(24(30)21-12-15-11-16(27)7-10-20(15)34-21)25(31)26(32)29(23)18-4-2-3-17(28)13-18/h2-13,23,31H,1H3. The molecule has 0 saturated heterocycles. The first kappa shape index (κ1) is 21.9. The van der Waals surface area contributed by atoms with Crippen LogP contribution in [-0.2, 0) is 4.79 Å². The molecule has 1 N–H and O–H groups in total. The van der Waals surface area contributed by atoms with Crippen molar-refractivity contribution in [3.63, 3.8) is 0 Å². The van der Waals surface area contributed by atoms with Crippen LogP contribution in [0.1, 0.15) is 22.2 Å². The van der Waals surface area contributed by atoms with Crippen LogP contribution in [0.4, 0.5) is 10.1 Å². The highest BCUT2D eigenvalue weighted by atomic mass is 79.9. The Hall–Kier alpha value is -3.91. The first-order valence-electron chi connectivity index (χ1n) is 10.3. The maximum atomic E-state index is 14.0. The highest BCUT2D eigenvalue weighted by molar-refractivity contribution is 9.10. The molecule has 1 amide bonds. The normalized spacial score (nSPS) is 15.9. The van der Waals surface area contributed by atoms with E-state index in [9.17, 15) is 19.1 Å². The van der Waals surface area contributed by atoms with Gasteiger partial charge in [0.05, 0.1) is 18.7 Å². The van der Waals surface area contributed by atoms with Crippen molar-refractivity contribution in [3.05, 3.63) is 106 Å². The van der Waals surface area contributed by atoms with Crippen LogP contribution in [0, 0.1) is 5.82 Å². The van der Waals surface area contributed by atoms with Gasteiger partial charge in [-0.05, 0) is 60.2 Å². The molecule has 2 heterocycles. The Bertz CT molecular complexity index is 1470. The number of halogens is 2. The molecule has 0 saturated carbocycles. The Labute approximate surface area is 202 Å². The summed E-state index contributed by atoms with van der Waals surface area (Å²) in [6.45, 7) is 0. The van der Waals surface area contributed by atoms with Gasteiger partial charge in [-0.2, -0.15) is 0 Å². The monoisotopic (exact) mass is 521 g/mol. The molecule has 0 fully saturated rings. The Kier molecular flexibility index (Phi) is 5.45. The molecule has 3 aromatic carbocycles. The minimum absolute atomic E-state index is 0.0259. The number of hydrogen-bond acceptors (Lipinski definition) is 5. The van der Waals surface area contributed by atoms with Gasteiger partial charge in [-0.1, -0.05) is 34.1 Å². The summed E-state index contributed by atoms with van der Waals surface area (Å²) in [6, 6.07) is 18.0. The minimum atomic E-state index is -1.01. The summed E-state index contributed by atoms with van der Waals surface area (Å²) in [4.78, 5) is 28.0. The highest BCUT2D eigenvalue weighted by Crippen LogP contribution is 2.42. The van der Waals surface area contributed by atoms with Gasteiger partial charge in [0, 0.05) is 15.5 Å². The largest absolute Gasteiger partial charge is 0.503 e. The van der Waals surface area contributed by atoms with Gasteiger partial charge in [-0.15, -0.1) is 0 Å². The number of fused-ring (bicyclic) bond motifs is 1. The maximum absolute atomic E-state index is 14.0. The summed E-state index contributed by atoms with van der Waals surface area (Å²) in [6.07, 6.45) is 0. The Morgan fingerprint density at radius 1 is 1.09 bits per heavy atom. The van der Waals surface area contributed by atoms with Crippen molar-refractivity contribution < 1.29 is 28.2 Å². The number of Topliss-reactive ketones (excluding diaryl/α,β-unsaturated/α-hetero) is 1. The van der Waals surface area contributed by atoms with E-state index < -0.39 is 29.3 Å². The summed E-state index contributed by atoms with van der Waals surface area (Å²) < 4.78 is 25.8. The van der Waals surface area contributed by atoms with E-state index in [4.69, 9.17) is 9.15 Å². The fraction of sp³-hybridized carbons (Fsp3) is 0.0769. The highest BCUT2D eigenvalue weighted by Gasteiger charge is 2.45. The van der Waals surface area contributed by atoms with Crippen molar-refractivity contribution in [2.75, 3.05) is 12.0 Å². The lowest BCUT2D eigenvalue weighted by Crippen LogP contribution is -2.31. The van der Waals surface area contributed by atoms with E-state index >= 15 is 0 Å². The average molecular weight is 522 g/mol. The van der Waals surface area contributed by atoms with Crippen LogP contribution < -0.4 is 9.64 Å². The second kappa shape index (κ2) is 8.46. The molecule has 170 valence electrons. The smallest absolute Gasteiger partial charge is 0.294 e. The van der Waals surface area contributed by atoms with E-state index in [-0.39, 0.29) is 17.0 Å². The second-order valence-electron chi connectivity index (χ2n) is 7.71. The molecule has 0 bridgehead atoms. The number of furan rings is 1. The molecule has 1 atom stereocenters. The lowest BCUT2D eigenvalue weighted by Gasteiger charge is -2.27. The number of hydrogen-bond donors (Lipinski definition) is 1.